The minimum atomic E-state index is -0.152. The Labute approximate surface area is 175 Å². The topological polar surface area (TPSA) is 52.3 Å². The maximum absolute atomic E-state index is 12.3. The Bertz CT molecular complexity index is 1150. The number of carbonyl (C=O) groups excluding carboxylic acids is 1. The molecule has 4 nitrogen and oxygen atoms in total. The maximum Gasteiger partial charge on any atom is 0.309 e. The molecule has 1 fully saturated rings. The summed E-state index contributed by atoms with van der Waals surface area (Å²) in [5.74, 6) is 1.31. The number of hydrogen-bond donors (Lipinski definition) is 0. The second-order valence-corrected chi connectivity index (χ2v) is 7.53. The molecule has 0 radical (unpaired) electrons. The summed E-state index contributed by atoms with van der Waals surface area (Å²) in [4.78, 5) is 16.7. The summed E-state index contributed by atoms with van der Waals surface area (Å²) < 4.78 is 11.0. The molecule has 1 aliphatic carbocycles. The Morgan fingerprint density at radius 1 is 0.800 bits per heavy atom. The Morgan fingerprint density at radius 2 is 1.40 bits per heavy atom. The third kappa shape index (κ3) is 3.30. The molecule has 1 aliphatic rings. The van der Waals surface area contributed by atoms with Gasteiger partial charge in [-0.05, 0) is 23.3 Å². The Hall–Kier alpha value is -3.66. The molecule has 4 heteroatoms. The first-order valence-electron chi connectivity index (χ1n) is 10.0. The van der Waals surface area contributed by atoms with E-state index >= 15 is 0 Å². The van der Waals surface area contributed by atoms with Crippen molar-refractivity contribution in [1.29, 1.82) is 0 Å². The highest BCUT2D eigenvalue weighted by Crippen LogP contribution is 2.61. The average molecular weight is 395 g/mol. The predicted octanol–water partition coefficient (Wildman–Crippen LogP) is 5.68. The molecule has 3 atom stereocenters. The van der Waals surface area contributed by atoms with Gasteiger partial charge in [-0.2, -0.15) is 0 Å². The van der Waals surface area contributed by atoms with E-state index in [2.05, 4.69) is 29.2 Å². The van der Waals surface area contributed by atoms with Crippen molar-refractivity contribution in [2.45, 2.75) is 11.8 Å². The van der Waals surface area contributed by atoms with Gasteiger partial charge in [0.25, 0.3) is 0 Å². The van der Waals surface area contributed by atoms with Crippen molar-refractivity contribution < 1.29 is 13.9 Å². The van der Waals surface area contributed by atoms with Crippen LogP contribution in [0.25, 0.3) is 22.8 Å². The van der Waals surface area contributed by atoms with E-state index < -0.39 is 0 Å². The summed E-state index contributed by atoms with van der Waals surface area (Å²) >= 11 is 0. The van der Waals surface area contributed by atoms with Crippen LogP contribution in [0.3, 0.4) is 0 Å². The highest BCUT2D eigenvalue weighted by atomic mass is 16.5. The largest absolute Gasteiger partial charge is 0.469 e. The van der Waals surface area contributed by atoms with Gasteiger partial charge in [0.1, 0.15) is 0 Å². The number of nitrogens with zero attached hydrogens (tertiary/aromatic N) is 1. The molecule has 1 saturated carbocycles. The fraction of sp³-hybridized carbons (Fsp3) is 0.154. The summed E-state index contributed by atoms with van der Waals surface area (Å²) in [5, 5.41) is 0. The van der Waals surface area contributed by atoms with Crippen molar-refractivity contribution in [3.05, 3.63) is 102 Å². The third-order valence-corrected chi connectivity index (χ3v) is 5.78. The van der Waals surface area contributed by atoms with Crippen molar-refractivity contribution >= 4 is 5.97 Å². The highest BCUT2D eigenvalue weighted by Gasteiger charge is 2.56. The SMILES string of the molecule is COC(=O)C1C(c2ccccc2)C1c1ccc(-c2cnc(-c3ccccc3)o2)cc1. The lowest BCUT2D eigenvalue weighted by molar-refractivity contribution is -0.142. The Balaban J connectivity index is 1.40. The zero-order valence-electron chi connectivity index (χ0n) is 16.6. The van der Waals surface area contributed by atoms with Gasteiger partial charge in [-0.3, -0.25) is 4.79 Å². The lowest BCUT2D eigenvalue weighted by Gasteiger charge is -2.03. The fourth-order valence-corrected chi connectivity index (χ4v) is 4.24. The number of benzene rings is 3. The van der Waals surface area contributed by atoms with E-state index in [1.54, 1.807) is 6.20 Å². The van der Waals surface area contributed by atoms with Crippen LogP contribution in [-0.2, 0) is 9.53 Å². The van der Waals surface area contributed by atoms with Crippen molar-refractivity contribution in [3.8, 4) is 22.8 Å². The zero-order chi connectivity index (χ0) is 20.5. The van der Waals surface area contributed by atoms with E-state index in [-0.39, 0.29) is 23.7 Å². The number of esters is 1. The van der Waals surface area contributed by atoms with Crippen LogP contribution in [0.1, 0.15) is 23.0 Å². The molecule has 3 aromatic carbocycles. The summed E-state index contributed by atoms with van der Waals surface area (Å²) in [6.07, 6.45) is 1.75. The van der Waals surface area contributed by atoms with Crippen LogP contribution in [0.15, 0.2) is 95.5 Å². The van der Waals surface area contributed by atoms with E-state index in [4.69, 9.17) is 9.15 Å². The molecule has 1 aromatic heterocycles. The van der Waals surface area contributed by atoms with Crippen LogP contribution in [-0.4, -0.2) is 18.1 Å². The van der Waals surface area contributed by atoms with Crippen LogP contribution >= 0.6 is 0 Å². The Morgan fingerprint density at radius 3 is 2.03 bits per heavy atom. The van der Waals surface area contributed by atoms with Crippen LogP contribution < -0.4 is 0 Å². The smallest absolute Gasteiger partial charge is 0.309 e. The van der Waals surface area contributed by atoms with Crippen LogP contribution in [0.4, 0.5) is 0 Å². The second-order valence-electron chi connectivity index (χ2n) is 7.53. The molecule has 0 amide bonds. The Kier molecular flexibility index (Phi) is 4.68. The fourth-order valence-electron chi connectivity index (χ4n) is 4.24. The molecule has 5 rings (SSSR count). The van der Waals surface area contributed by atoms with Gasteiger partial charge >= 0.3 is 5.97 Å². The third-order valence-electron chi connectivity index (χ3n) is 5.78. The standard InChI is InChI=1S/C26H21NO3/c1-29-26(28)24-22(18-8-4-2-5-9-18)23(24)19-14-12-17(13-15-19)21-16-27-25(30-21)20-10-6-3-7-11-20/h2-16,22-24H,1H3. The van der Waals surface area contributed by atoms with Crippen molar-refractivity contribution in [1.82, 2.24) is 4.98 Å². The number of carbonyl (C=O) groups is 1. The first-order valence-corrected chi connectivity index (χ1v) is 10.0. The van der Waals surface area contributed by atoms with Crippen molar-refractivity contribution in [2.75, 3.05) is 7.11 Å². The van der Waals surface area contributed by atoms with Gasteiger partial charge in [-0.25, -0.2) is 4.98 Å². The maximum atomic E-state index is 12.3. The molecule has 0 spiro atoms. The van der Waals surface area contributed by atoms with Gasteiger partial charge in [-0.1, -0.05) is 72.8 Å². The monoisotopic (exact) mass is 395 g/mol. The summed E-state index contributed by atoms with van der Waals surface area (Å²) in [6.45, 7) is 0. The minimum absolute atomic E-state index is 0.128. The van der Waals surface area contributed by atoms with E-state index in [0.29, 0.717) is 5.89 Å². The highest BCUT2D eigenvalue weighted by molar-refractivity contribution is 5.80. The molecule has 148 valence electrons. The van der Waals surface area contributed by atoms with Gasteiger partial charge < -0.3 is 9.15 Å². The van der Waals surface area contributed by atoms with E-state index in [0.717, 1.165) is 22.5 Å². The normalized spacial score (nSPS) is 20.0. The summed E-state index contributed by atoms with van der Waals surface area (Å²) in [6, 6.07) is 28.2. The van der Waals surface area contributed by atoms with E-state index in [1.807, 2.05) is 60.7 Å². The molecular formula is C26H21NO3. The quantitative estimate of drug-likeness (QED) is 0.408. The number of oxazole rings is 1. The minimum Gasteiger partial charge on any atom is -0.469 e. The zero-order valence-corrected chi connectivity index (χ0v) is 16.6. The average Bonchev–Trinajstić information content (AvgIpc) is 3.37. The van der Waals surface area contributed by atoms with E-state index in [1.165, 1.54) is 12.7 Å². The van der Waals surface area contributed by atoms with Crippen LogP contribution in [0.2, 0.25) is 0 Å². The lowest BCUT2D eigenvalue weighted by Crippen LogP contribution is -2.05. The van der Waals surface area contributed by atoms with Gasteiger partial charge in [0, 0.05) is 23.0 Å². The molecule has 0 saturated heterocycles. The predicted molar refractivity (Wildman–Crippen MR) is 115 cm³/mol. The van der Waals surface area contributed by atoms with E-state index in [9.17, 15) is 4.79 Å². The van der Waals surface area contributed by atoms with Gasteiger partial charge in [0.15, 0.2) is 5.76 Å². The lowest BCUT2D eigenvalue weighted by atomic mass is 10.0. The first kappa shape index (κ1) is 18.4. The van der Waals surface area contributed by atoms with Crippen LogP contribution in [0, 0.1) is 5.92 Å². The summed E-state index contributed by atoms with van der Waals surface area (Å²) in [5.41, 5.74) is 4.21. The van der Waals surface area contributed by atoms with Gasteiger partial charge in [0.05, 0.1) is 19.2 Å². The molecule has 4 aromatic rings. The number of hydrogen-bond acceptors (Lipinski definition) is 4. The molecule has 1 heterocycles. The van der Waals surface area contributed by atoms with Crippen molar-refractivity contribution in [3.63, 3.8) is 0 Å². The van der Waals surface area contributed by atoms with Crippen LogP contribution in [0.5, 0.6) is 0 Å². The molecule has 30 heavy (non-hydrogen) atoms. The number of ether oxygens (including phenoxy) is 1. The molecule has 0 N–H and O–H groups in total. The molecule has 0 bridgehead atoms. The number of aromatic nitrogens is 1. The number of rotatable bonds is 5. The molecular weight excluding hydrogens is 374 g/mol. The molecule has 0 aliphatic heterocycles. The van der Waals surface area contributed by atoms with Crippen molar-refractivity contribution in [2.24, 2.45) is 5.92 Å². The molecule has 3 unspecified atom stereocenters. The summed E-state index contributed by atoms with van der Waals surface area (Å²) in [7, 11) is 1.46. The number of methoxy groups -OCH3 is 1. The second kappa shape index (κ2) is 7.64. The van der Waals surface area contributed by atoms with Gasteiger partial charge in [-0.15, -0.1) is 0 Å². The first-order chi connectivity index (χ1) is 14.8. The van der Waals surface area contributed by atoms with Gasteiger partial charge in [0.2, 0.25) is 5.89 Å².